The number of hydrogen-bond donors (Lipinski definition) is 0. The van der Waals surface area contributed by atoms with Crippen molar-refractivity contribution in [2.75, 3.05) is 13.7 Å². The summed E-state index contributed by atoms with van der Waals surface area (Å²) in [5.41, 5.74) is 2.76. The lowest BCUT2D eigenvalue weighted by molar-refractivity contribution is 0.261. The number of benzene rings is 2. The molecular weight excluding hydrogens is 210 g/mol. The van der Waals surface area contributed by atoms with E-state index in [4.69, 9.17) is 4.74 Å². The summed E-state index contributed by atoms with van der Waals surface area (Å²) < 4.78 is 5.50. The molecule has 1 heterocycles. The van der Waals surface area contributed by atoms with Crippen molar-refractivity contribution in [3.8, 4) is 5.75 Å². The molecule has 0 radical (unpaired) electrons. The lowest BCUT2D eigenvalue weighted by Crippen LogP contribution is -2.26. The second kappa shape index (κ2) is 4.04. The molecule has 2 aromatic carbocycles. The van der Waals surface area contributed by atoms with Gasteiger partial charge in [-0.05, 0) is 28.9 Å². The van der Waals surface area contributed by atoms with Crippen LogP contribution in [0, 0.1) is 0 Å². The van der Waals surface area contributed by atoms with Crippen LogP contribution in [0.2, 0.25) is 0 Å². The van der Waals surface area contributed by atoms with Crippen LogP contribution in [0.15, 0.2) is 30.3 Å². The predicted molar refractivity (Wildman–Crippen MR) is 70.3 cm³/mol. The van der Waals surface area contributed by atoms with Crippen molar-refractivity contribution in [2.24, 2.45) is 0 Å². The SMILES string of the molecule is CCN1Cc2cccc3ccc(OC)c(c23)C1. The van der Waals surface area contributed by atoms with E-state index >= 15 is 0 Å². The average Bonchev–Trinajstić information content (AvgIpc) is 2.39. The van der Waals surface area contributed by atoms with Crippen molar-refractivity contribution < 1.29 is 4.74 Å². The molecule has 0 aliphatic carbocycles. The molecule has 2 nitrogen and oxygen atoms in total. The predicted octanol–water partition coefficient (Wildman–Crippen LogP) is 3.18. The van der Waals surface area contributed by atoms with Crippen molar-refractivity contribution >= 4 is 10.8 Å². The second-order valence-corrected chi connectivity index (χ2v) is 4.56. The second-order valence-electron chi connectivity index (χ2n) is 4.56. The molecule has 0 unspecified atom stereocenters. The van der Waals surface area contributed by atoms with Crippen LogP contribution < -0.4 is 4.74 Å². The number of hydrogen-bond acceptors (Lipinski definition) is 2. The highest BCUT2D eigenvalue weighted by Crippen LogP contribution is 2.35. The summed E-state index contributed by atoms with van der Waals surface area (Å²) in [5.74, 6) is 1.02. The van der Waals surface area contributed by atoms with Gasteiger partial charge in [-0.2, -0.15) is 0 Å². The Bertz CT molecular complexity index is 562. The Kier molecular flexibility index (Phi) is 2.52. The first-order chi connectivity index (χ1) is 8.33. The molecule has 2 aromatic rings. The normalized spacial score (nSPS) is 15.2. The maximum Gasteiger partial charge on any atom is 0.124 e. The highest BCUT2D eigenvalue weighted by molar-refractivity contribution is 5.91. The summed E-state index contributed by atoms with van der Waals surface area (Å²) in [4.78, 5) is 2.44. The Labute approximate surface area is 102 Å². The number of rotatable bonds is 2. The summed E-state index contributed by atoms with van der Waals surface area (Å²) in [5, 5.41) is 2.73. The average molecular weight is 227 g/mol. The van der Waals surface area contributed by atoms with E-state index in [0.29, 0.717) is 0 Å². The van der Waals surface area contributed by atoms with Gasteiger partial charge in [0.1, 0.15) is 5.75 Å². The van der Waals surface area contributed by atoms with Crippen LogP contribution in [0.1, 0.15) is 18.1 Å². The van der Waals surface area contributed by atoms with E-state index in [0.717, 1.165) is 25.4 Å². The van der Waals surface area contributed by atoms with Crippen LogP contribution in [0.25, 0.3) is 10.8 Å². The molecule has 1 aliphatic rings. The molecule has 0 saturated carbocycles. The van der Waals surface area contributed by atoms with E-state index in [1.54, 1.807) is 7.11 Å². The largest absolute Gasteiger partial charge is 0.496 e. The Morgan fingerprint density at radius 3 is 2.82 bits per heavy atom. The molecule has 17 heavy (non-hydrogen) atoms. The van der Waals surface area contributed by atoms with E-state index < -0.39 is 0 Å². The summed E-state index contributed by atoms with van der Waals surface area (Å²) in [6, 6.07) is 10.8. The van der Waals surface area contributed by atoms with Gasteiger partial charge in [0, 0.05) is 18.7 Å². The lowest BCUT2D eigenvalue weighted by Gasteiger charge is -2.29. The van der Waals surface area contributed by atoms with Crippen LogP contribution in [0.3, 0.4) is 0 Å². The maximum atomic E-state index is 5.50. The first-order valence-corrected chi connectivity index (χ1v) is 6.13. The molecule has 0 bridgehead atoms. The Hall–Kier alpha value is -1.54. The van der Waals surface area contributed by atoms with Gasteiger partial charge in [0.25, 0.3) is 0 Å². The van der Waals surface area contributed by atoms with E-state index in [1.807, 2.05) is 0 Å². The Morgan fingerprint density at radius 2 is 2.06 bits per heavy atom. The Morgan fingerprint density at radius 1 is 1.18 bits per heavy atom. The molecule has 88 valence electrons. The van der Waals surface area contributed by atoms with Gasteiger partial charge in [-0.15, -0.1) is 0 Å². The van der Waals surface area contributed by atoms with Crippen LogP contribution in [-0.4, -0.2) is 18.6 Å². The van der Waals surface area contributed by atoms with Crippen LogP contribution in [0.4, 0.5) is 0 Å². The number of ether oxygens (including phenoxy) is 1. The van der Waals surface area contributed by atoms with Gasteiger partial charge in [-0.3, -0.25) is 4.90 Å². The molecule has 0 atom stereocenters. The molecule has 0 amide bonds. The van der Waals surface area contributed by atoms with E-state index in [1.165, 1.54) is 21.9 Å². The summed E-state index contributed by atoms with van der Waals surface area (Å²) in [6.45, 7) is 5.33. The number of methoxy groups -OCH3 is 1. The quantitative estimate of drug-likeness (QED) is 0.781. The van der Waals surface area contributed by atoms with Gasteiger partial charge in [0.15, 0.2) is 0 Å². The van der Waals surface area contributed by atoms with Crippen LogP contribution >= 0.6 is 0 Å². The number of nitrogens with zero attached hydrogens (tertiary/aromatic N) is 1. The molecule has 0 spiro atoms. The highest BCUT2D eigenvalue weighted by Gasteiger charge is 2.20. The van der Waals surface area contributed by atoms with Crippen molar-refractivity contribution in [3.63, 3.8) is 0 Å². The van der Waals surface area contributed by atoms with Gasteiger partial charge in [0.05, 0.1) is 7.11 Å². The van der Waals surface area contributed by atoms with Gasteiger partial charge in [-0.1, -0.05) is 31.2 Å². The lowest BCUT2D eigenvalue weighted by atomic mass is 9.94. The highest BCUT2D eigenvalue weighted by atomic mass is 16.5. The molecule has 0 fully saturated rings. The zero-order chi connectivity index (χ0) is 11.8. The minimum Gasteiger partial charge on any atom is -0.496 e. The molecule has 0 saturated heterocycles. The van der Waals surface area contributed by atoms with Crippen LogP contribution in [-0.2, 0) is 13.1 Å². The minimum atomic E-state index is 0.994. The monoisotopic (exact) mass is 227 g/mol. The van der Waals surface area contributed by atoms with Crippen LogP contribution in [0.5, 0.6) is 5.75 Å². The van der Waals surface area contributed by atoms with E-state index in [9.17, 15) is 0 Å². The topological polar surface area (TPSA) is 12.5 Å². The summed E-state index contributed by atoms with van der Waals surface area (Å²) >= 11 is 0. The molecule has 0 N–H and O–H groups in total. The zero-order valence-corrected chi connectivity index (χ0v) is 10.4. The van der Waals surface area contributed by atoms with E-state index in [2.05, 4.69) is 42.2 Å². The standard InChI is InChI=1S/C15H17NO/c1-3-16-9-12-6-4-5-11-7-8-14(17-2)13(10-16)15(11)12/h4-8H,3,9-10H2,1-2H3. The van der Waals surface area contributed by atoms with Gasteiger partial charge >= 0.3 is 0 Å². The molecule has 3 rings (SSSR count). The third kappa shape index (κ3) is 1.60. The summed E-state index contributed by atoms with van der Waals surface area (Å²) in [7, 11) is 1.76. The minimum absolute atomic E-state index is 0.994. The first kappa shape index (κ1) is 10.6. The van der Waals surface area contributed by atoms with Crippen molar-refractivity contribution in [3.05, 3.63) is 41.5 Å². The van der Waals surface area contributed by atoms with Crippen molar-refractivity contribution in [1.82, 2.24) is 4.90 Å². The molecule has 1 aliphatic heterocycles. The van der Waals surface area contributed by atoms with Crippen molar-refractivity contribution in [2.45, 2.75) is 20.0 Å². The fourth-order valence-electron chi connectivity index (χ4n) is 2.74. The fourth-order valence-corrected chi connectivity index (χ4v) is 2.74. The molecule has 2 heteroatoms. The van der Waals surface area contributed by atoms with Gasteiger partial charge in [0.2, 0.25) is 0 Å². The third-order valence-corrected chi connectivity index (χ3v) is 3.64. The zero-order valence-electron chi connectivity index (χ0n) is 10.4. The smallest absolute Gasteiger partial charge is 0.124 e. The fraction of sp³-hybridized carbons (Fsp3) is 0.333. The summed E-state index contributed by atoms with van der Waals surface area (Å²) in [6.07, 6.45) is 0. The van der Waals surface area contributed by atoms with Gasteiger partial charge in [-0.25, -0.2) is 0 Å². The molecular formula is C15H17NO. The maximum absolute atomic E-state index is 5.50. The Balaban J connectivity index is 2.29. The van der Waals surface area contributed by atoms with Gasteiger partial charge < -0.3 is 4.74 Å². The first-order valence-electron chi connectivity index (χ1n) is 6.13. The van der Waals surface area contributed by atoms with Crippen molar-refractivity contribution in [1.29, 1.82) is 0 Å². The third-order valence-electron chi connectivity index (χ3n) is 3.64. The van der Waals surface area contributed by atoms with E-state index in [-0.39, 0.29) is 0 Å². The molecule has 0 aromatic heterocycles.